The fourth-order valence-electron chi connectivity index (χ4n) is 5.76. The van der Waals surface area contributed by atoms with Gasteiger partial charge in [-0.2, -0.15) is 5.10 Å². The van der Waals surface area contributed by atoms with Gasteiger partial charge >= 0.3 is 11.8 Å². The minimum Gasteiger partial charge on any atom is -0.379 e. The molecule has 0 aliphatic carbocycles. The van der Waals surface area contributed by atoms with Gasteiger partial charge in [-0.25, -0.2) is 0 Å². The molecule has 1 saturated heterocycles. The van der Waals surface area contributed by atoms with Crippen molar-refractivity contribution in [2.75, 3.05) is 32.8 Å². The maximum absolute atomic E-state index is 12.5. The monoisotopic (exact) mass is 650 g/mol. The van der Waals surface area contributed by atoms with Crippen LogP contribution in [0.4, 0.5) is 0 Å². The first kappa shape index (κ1) is 33.0. The van der Waals surface area contributed by atoms with Crippen LogP contribution in [0.25, 0.3) is 11.3 Å². The Kier molecular flexibility index (Phi) is 10.9. The highest BCUT2D eigenvalue weighted by Crippen LogP contribution is 2.32. The molecule has 45 heavy (non-hydrogen) atoms. The van der Waals surface area contributed by atoms with Crippen LogP contribution in [0.3, 0.4) is 0 Å². The van der Waals surface area contributed by atoms with Gasteiger partial charge in [0.1, 0.15) is 0 Å². The molecule has 9 nitrogen and oxygen atoms in total. The Bertz CT molecular complexity index is 1630. The number of hydrogen-bond donors (Lipinski definition) is 2. The second kappa shape index (κ2) is 14.8. The predicted molar refractivity (Wildman–Crippen MR) is 177 cm³/mol. The zero-order valence-corrected chi connectivity index (χ0v) is 27.5. The normalized spacial score (nSPS) is 16.8. The molecule has 238 valence electrons. The van der Waals surface area contributed by atoms with Crippen LogP contribution in [-0.4, -0.2) is 76.3 Å². The van der Waals surface area contributed by atoms with E-state index in [1.54, 1.807) is 0 Å². The summed E-state index contributed by atoms with van der Waals surface area (Å²) in [5.74, 6) is 4.83. The largest absolute Gasteiger partial charge is 0.379 e. The summed E-state index contributed by atoms with van der Waals surface area (Å²) in [4.78, 5) is 28.2. The molecular weight excluding hydrogens is 611 g/mol. The van der Waals surface area contributed by atoms with Gasteiger partial charge in [-0.05, 0) is 49.2 Å². The van der Waals surface area contributed by atoms with E-state index < -0.39 is 11.8 Å². The molecule has 0 unspecified atom stereocenters. The van der Waals surface area contributed by atoms with E-state index in [2.05, 4.69) is 47.5 Å². The quantitative estimate of drug-likeness (QED) is 0.279. The third kappa shape index (κ3) is 8.07. The number of primary amides is 1. The van der Waals surface area contributed by atoms with E-state index in [0.29, 0.717) is 47.2 Å². The molecule has 2 aliphatic rings. The molecule has 0 radical (unpaired) electrons. The highest BCUT2D eigenvalue weighted by Gasteiger charge is 2.30. The highest BCUT2D eigenvalue weighted by molar-refractivity contribution is 6.34. The molecule has 1 atom stereocenters. The fraction of sp³-hybridized carbons (Fsp3) is 0.441. The first-order chi connectivity index (χ1) is 21.6. The van der Waals surface area contributed by atoms with Crippen molar-refractivity contribution in [2.24, 2.45) is 5.73 Å². The Morgan fingerprint density at radius 1 is 1.11 bits per heavy atom. The molecule has 1 aromatic heterocycles. The number of ether oxygens (including phenoxy) is 1. The van der Waals surface area contributed by atoms with Crippen LogP contribution in [0, 0.1) is 11.8 Å². The Balaban J connectivity index is 1.43. The van der Waals surface area contributed by atoms with E-state index in [-0.39, 0.29) is 6.54 Å². The number of carbonyl (C=O) groups excluding carboxylic acids is 2. The van der Waals surface area contributed by atoms with Crippen molar-refractivity contribution in [3.63, 3.8) is 0 Å². The molecule has 5 rings (SSSR count). The summed E-state index contributed by atoms with van der Waals surface area (Å²) in [6, 6.07) is 12.1. The average molecular weight is 652 g/mol. The molecule has 11 heteroatoms. The van der Waals surface area contributed by atoms with Gasteiger partial charge in [-0.15, -0.1) is 0 Å². The van der Waals surface area contributed by atoms with Gasteiger partial charge in [0, 0.05) is 84.2 Å². The summed E-state index contributed by atoms with van der Waals surface area (Å²) in [5, 5.41) is 9.67. The molecular formula is C34H40Cl2N6O3. The first-order valence-corrected chi connectivity index (χ1v) is 16.2. The zero-order valence-electron chi connectivity index (χ0n) is 26.0. The predicted octanol–water partition coefficient (Wildman–Crippen LogP) is 4.24. The second-order valence-corrected chi connectivity index (χ2v) is 12.8. The minimum atomic E-state index is -0.957. The summed E-state index contributed by atoms with van der Waals surface area (Å²) in [6.07, 6.45) is 1.51. The number of rotatable bonds is 8. The molecule has 2 aliphatic heterocycles. The lowest BCUT2D eigenvalue weighted by molar-refractivity contribution is -0.144. The topological polar surface area (TPSA) is 106 Å². The molecule has 3 aromatic rings. The summed E-state index contributed by atoms with van der Waals surface area (Å²) < 4.78 is 7.64. The number of halogens is 2. The van der Waals surface area contributed by atoms with Crippen LogP contribution < -0.4 is 11.1 Å². The van der Waals surface area contributed by atoms with Crippen LogP contribution in [0.1, 0.15) is 55.1 Å². The smallest absolute Gasteiger partial charge is 0.311 e. The van der Waals surface area contributed by atoms with E-state index in [4.69, 9.17) is 38.8 Å². The molecule has 3 N–H and O–H groups in total. The number of fused-ring (bicyclic) bond motifs is 1. The van der Waals surface area contributed by atoms with Crippen LogP contribution >= 0.6 is 23.2 Å². The number of aromatic nitrogens is 2. The minimum absolute atomic E-state index is 0.258. The molecule has 0 bridgehead atoms. The van der Waals surface area contributed by atoms with E-state index in [1.165, 1.54) is 4.90 Å². The molecule has 0 saturated carbocycles. The average Bonchev–Trinajstić information content (AvgIpc) is 3.38. The number of morpholine rings is 1. The lowest BCUT2D eigenvalue weighted by Gasteiger charge is -2.33. The van der Waals surface area contributed by atoms with Crippen molar-refractivity contribution in [3.8, 4) is 23.1 Å². The van der Waals surface area contributed by atoms with Crippen molar-refractivity contribution in [2.45, 2.75) is 65.3 Å². The van der Waals surface area contributed by atoms with E-state index >= 15 is 0 Å². The van der Waals surface area contributed by atoms with Crippen LogP contribution in [-0.2, 0) is 40.4 Å². The van der Waals surface area contributed by atoms with Crippen LogP contribution in [0.15, 0.2) is 36.4 Å². The number of nitrogens with one attached hydrogen (secondary N) is 1. The van der Waals surface area contributed by atoms with Crippen molar-refractivity contribution >= 4 is 35.0 Å². The van der Waals surface area contributed by atoms with Crippen molar-refractivity contribution < 1.29 is 14.3 Å². The van der Waals surface area contributed by atoms with Gasteiger partial charge < -0.3 is 20.7 Å². The number of benzene rings is 2. The van der Waals surface area contributed by atoms with E-state index in [1.807, 2.05) is 36.4 Å². The number of amides is 2. The maximum atomic E-state index is 12.5. The number of nitrogens with two attached hydrogens (primary N) is 1. The fourth-order valence-corrected chi connectivity index (χ4v) is 6.11. The third-order valence-electron chi connectivity index (χ3n) is 8.28. The van der Waals surface area contributed by atoms with Gasteiger partial charge in [0.2, 0.25) is 0 Å². The Morgan fingerprint density at radius 2 is 1.91 bits per heavy atom. The number of carbonyl (C=O) groups is 2. The Hall–Kier alpha value is -3.39. The van der Waals surface area contributed by atoms with Crippen molar-refractivity contribution in [3.05, 3.63) is 74.4 Å². The lowest BCUT2D eigenvalue weighted by atomic mass is 9.99. The summed E-state index contributed by atoms with van der Waals surface area (Å²) >= 11 is 13.0. The standard InChI is InChI=1S/C34H40Cl2N6O3/c1-22(2)38-19-27-17-24(6-9-30(27)36)5-7-25-18-26(8-10-29(25)35)32-28-20-41(34(44)33(37)43)14-11-31(28)42(39-32)13-4-12-40-15-16-45-21-23(40)3/h6,8-10,17-18,22-23,38H,4,11-16,19-21H2,1-3H3,(H2,37,43)/t23-/m0/s1. The Labute approximate surface area is 275 Å². The lowest BCUT2D eigenvalue weighted by Crippen LogP contribution is -2.44. The van der Waals surface area contributed by atoms with E-state index in [9.17, 15) is 9.59 Å². The number of aryl methyl sites for hydroxylation is 1. The Morgan fingerprint density at radius 3 is 2.67 bits per heavy atom. The molecule has 2 aromatic carbocycles. The van der Waals surface area contributed by atoms with Crippen LogP contribution in [0.5, 0.6) is 0 Å². The third-order valence-corrected chi connectivity index (χ3v) is 8.98. The molecule has 2 amide bonds. The summed E-state index contributed by atoms with van der Waals surface area (Å²) in [5.41, 5.74) is 11.4. The highest BCUT2D eigenvalue weighted by atomic mass is 35.5. The van der Waals surface area contributed by atoms with Gasteiger partial charge in [0.15, 0.2) is 0 Å². The van der Waals surface area contributed by atoms with Crippen LogP contribution in [0.2, 0.25) is 10.0 Å². The van der Waals surface area contributed by atoms with Crippen molar-refractivity contribution in [1.29, 1.82) is 0 Å². The second-order valence-electron chi connectivity index (χ2n) is 11.9. The molecule has 0 spiro atoms. The van der Waals surface area contributed by atoms with Crippen molar-refractivity contribution in [1.82, 2.24) is 24.9 Å². The summed E-state index contributed by atoms with van der Waals surface area (Å²) in [6.45, 7) is 11.8. The van der Waals surface area contributed by atoms with Gasteiger partial charge in [-0.3, -0.25) is 19.2 Å². The SMILES string of the molecule is CC(C)NCc1cc(C#Cc2cc(-c3nn(CCCN4CCOC[C@@H]4C)c4c3CN(C(=O)C(N)=O)CC4)ccc2Cl)ccc1Cl. The summed E-state index contributed by atoms with van der Waals surface area (Å²) in [7, 11) is 0. The number of hydrogen-bond acceptors (Lipinski definition) is 6. The van der Waals surface area contributed by atoms with E-state index in [0.717, 1.165) is 72.9 Å². The van der Waals surface area contributed by atoms with Gasteiger partial charge in [0.05, 0.1) is 30.5 Å². The van der Waals surface area contributed by atoms with Gasteiger partial charge in [0.25, 0.3) is 0 Å². The number of nitrogens with zero attached hydrogens (tertiary/aromatic N) is 4. The van der Waals surface area contributed by atoms with Gasteiger partial charge in [-0.1, -0.05) is 55.0 Å². The first-order valence-electron chi connectivity index (χ1n) is 15.4. The molecule has 3 heterocycles. The maximum Gasteiger partial charge on any atom is 0.311 e. The zero-order chi connectivity index (χ0) is 32.1. The molecule has 1 fully saturated rings.